The molecule has 2 N–H and O–H groups in total. The number of nitrogens with zero attached hydrogens (tertiary/aromatic N) is 2. The van der Waals surface area contributed by atoms with E-state index < -0.39 is 0 Å². The minimum atomic E-state index is 0.104. The van der Waals surface area contributed by atoms with Crippen LogP contribution in [0, 0.1) is 18.8 Å². The Hall–Kier alpha value is -1.36. The van der Waals surface area contributed by atoms with Gasteiger partial charge in [0.05, 0.1) is 12.1 Å². The SMILES string of the molecule is Cc1c(CNC(=O)C2CNCC2C)cnn1C. The maximum atomic E-state index is 12.0. The molecule has 0 radical (unpaired) electrons. The highest BCUT2D eigenvalue weighted by Crippen LogP contribution is 2.16. The molecular formula is C12H20N4O. The third kappa shape index (κ3) is 2.49. The monoisotopic (exact) mass is 236 g/mol. The lowest BCUT2D eigenvalue weighted by molar-refractivity contribution is -0.125. The van der Waals surface area contributed by atoms with E-state index in [0.717, 1.165) is 24.3 Å². The first-order valence-electron chi connectivity index (χ1n) is 6.05. The summed E-state index contributed by atoms with van der Waals surface area (Å²) in [5.74, 6) is 0.669. The topological polar surface area (TPSA) is 59.0 Å². The van der Waals surface area contributed by atoms with Crippen molar-refractivity contribution in [3.05, 3.63) is 17.5 Å². The second-order valence-corrected chi connectivity index (χ2v) is 4.84. The molecule has 94 valence electrons. The molecule has 2 unspecified atom stereocenters. The van der Waals surface area contributed by atoms with Crippen molar-refractivity contribution in [2.24, 2.45) is 18.9 Å². The van der Waals surface area contributed by atoms with E-state index in [9.17, 15) is 4.79 Å². The largest absolute Gasteiger partial charge is 0.352 e. The minimum absolute atomic E-state index is 0.104. The second kappa shape index (κ2) is 4.87. The summed E-state index contributed by atoms with van der Waals surface area (Å²) in [5, 5.41) is 10.4. The number of hydrogen-bond donors (Lipinski definition) is 2. The normalized spacial score (nSPS) is 23.9. The average molecular weight is 236 g/mol. The van der Waals surface area contributed by atoms with Crippen LogP contribution in [0.1, 0.15) is 18.2 Å². The Balaban J connectivity index is 1.90. The zero-order chi connectivity index (χ0) is 12.4. The van der Waals surface area contributed by atoms with Crippen molar-refractivity contribution in [1.82, 2.24) is 20.4 Å². The van der Waals surface area contributed by atoms with Crippen LogP contribution >= 0.6 is 0 Å². The summed E-state index contributed by atoms with van der Waals surface area (Å²) in [4.78, 5) is 12.0. The summed E-state index contributed by atoms with van der Waals surface area (Å²) >= 11 is 0. The molecule has 5 heteroatoms. The lowest BCUT2D eigenvalue weighted by Gasteiger charge is -2.13. The number of carbonyl (C=O) groups excluding carboxylic acids is 1. The second-order valence-electron chi connectivity index (χ2n) is 4.84. The molecule has 5 nitrogen and oxygen atoms in total. The van der Waals surface area contributed by atoms with E-state index in [4.69, 9.17) is 0 Å². The molecule has 0 aromatic carbocycles. The predicted octanol–water partition coefficient (Wildman–Crippen LogP) is 0.200. The fraction of sp³-hybridized carbons (Fsp3) is 0.667. The van der Waals surface area contributed by atoms with E-state index in [0.29, 0.717) is 12.5 Å². The fourth-order valence-electron chi connectivity index (χ4n) is 2.19. The van der Waals surface area contributed by atoms with Gasteiger partial charge in [0.25, 0.3) is 0 Å². The van der Waals surface area contributed by atoms with Crippen molar-refractivity contribution in [1.29, 1.82) is 0 Å². The van der Waals surface area contributed by atoms with Crippen LogP contribution in [0.15, 0.2) is 6.20 Å². The molecule has 1 aromatic heterocycles. The van der Waals surface area contributed by atoms with Crippen LogP contribution in [0.25, 0.3) is 0 Å². The molecule has 1 fully saturated rings. The molecule has 1 aliphatic heterocycles. The number of aryl methyl sites for hydroxylation is 1. The number of nitrogens with one attached hydrogen (secondary N) is 2. The predicted molar refractivity (Wildman–Crippen MR) is 65.3 cm³/mol. The molecule has 0 aliphatic carbocycles. The zero-order valence-electron chi connectivity index (χ0n) is 10.7. The Kier molecular flexibility index (Phi) is 3.47. The Morgan fingerprint density at radius 3 is 2.94 bits per heavy atom. The van der Waals surface area contributed by atoms with Crippen LogP contribution in [0.3, 0.4) is 0 Å². The van der Waals surface area contributed by atoms with Crippen molar-refractivity contribution < 1.29 is 4.79 Å². The first-order valence-corrected chi connectivity index (χ1v) is 6.05. The van der Waals surface area contributed by atoms with Gasteiger partial charge in [-0.3, -0.25) is 9.48 Å². The zero-order valence-corrected chi connectivity index (χ0v) is 10.7. The third-order valence-electron chi connectivity index (χ3n) is 3.64. The van der Waals surface area contributed by atoms with Gasteiger partial charge in [-0.25, -0.2) is 0 Å². The lowest BCUT2D eigenvalue weighted by atomic mass is 9.97. The molecule has 1 aliphatic rings. The molecule has 1 amide bonds. The van der Waals surface area contributed by atoms with Gasteiger partial charge in [0.2, 0.25) is 5.91 Å². The van der Waals surface area contributed by atoms with Gasteiger partial charge in [-0.2, -0.15) is 5.10 Å². The number of hydrogen-bond acceptors (Lipinski definition) is 3. The smallest absolute Gasteiger partial charge is 0.224 e. The first kappa shape index (κ1) is 12.1. The minimum Gasteiger partial charge on any atom is -0.352 e. The average Bonchev–Trinajstić information content (AvgIpc) is 2.85. The maximum absolute atomic E-state index is 12.0. The molecule has 1 aromatic rings. The van der Waals surface area contributed by atoms with Crippen LogP contribution in [-0.2, 0) is 18.4 Å². The lowest BCUT2D eigenvalue weighted by Crippen LogP contribution is -2.34. The Bertz CT molecular complexity index is 413. The highest BCUT2D eigenvalue weighted by Gasteiger charge is 2.29. The van der Waals surface area contributed by atoms with Gasteiger partial charge in [-0.15, -0.1) is 0 Å². The number of rotatable bonds is 3. The molecule has 2 heterocycles. The van der Waals surface area contributed by atoms with Gasteiger partial charge in [-0.05, 0) is 19.4 Å². The Labute approximate surface area is 102 Å². The van der Waals surface area contributed by atoms with Crippen molar-refractivity contribution in [2.75, 3.05) is 13.1 Å². The molecule has 17 heavy (non-hydrogen) atoms. The summed E-state index contributed by atoms with van der Waals surface area (Å²) in [7, 11) is 1.91. The molecule has 0 saturated carbocycles. The number of amides is 1. The molecule has 0 spiro atoms. The van der Waals surface area contributed by atoms with Gasteiger partial charge < -0.3 is 10.6 Å². The van der Waals surface area contributed by atoms with E-state index in [1.54, 1.807) is 0 Å². The number of carbonyl (C=O) groups is 1. The van der Waals surface area contributed by atoms with E-state index in [2.05, 4.69) is 22.7 Å². The van der Waals surface area contributed by atoms with Gasteiger partial charge in [0.15, 0.2) is 0 Å². The van der Waals surface area contributed by atoms with E-state index in [1.807, 2.05) is 24.9 Å². The van der Waals surface area contributed by atoms with Crippen LogP contribution in [0.4, 0.5) is 0 Å². The van der Waals surface area contributed by atoms with Crippen molar-refractivity contribution in [2.45, 2.75) is 20.4 Å². The van der Waals surface area contributed by atoms with Crippen LogP contribution < -0.4 is 10.6 Å². The third-order valence-corrected chi connectivity index (χ3v) is 3.64. The standard InChI is InChI=1S/C12H20N4O/c1-8-4-13-7-11(8)12(17)14-5-10-6-15-16(3)9(10)2/h6,8,11,13H,4-5,7H2,1-3H3,(H,14,17). The maximum Gasteiger partial charge on any atom is 0.224 e. The van der Waals surface area contributed by atoms with Gasteiger partial charge >= 0.3 is 0 Å². The molecular weight excluding hydrogens is 216 g/mol. The van der Waals surface area contributed by atoms with Gasteiger partial charge in [0.1, 0.15) is 0 Å². The van der Waals surface area contributed by atoms with Crippen LogP contribution in [0.2, 0.25) is 0 Å². The van der Waals surface area contributed by atoms with Crippen LogP contribution in [0.5, 0.6) is 0 Å². The first-order chi connectivity index (χ1) is 8.09. The molecule has 2 atom stereocenters. The highest BCUT2D eigenvalue weighted by molar-refractivity contribution is 5.79. The summed E-state index contributed by atoms with van der Waals surface area (Å²) < 4.78 is 1.82. The summed E-state index contributed by atoms with van der Waals surface area (Å²) in [5.41, 5.74) is 2.18. The van der Waals surface area contributed by atoms with Gasteiger partial charge in [0, 0.05) is 31.4 Å². The van der Waals surface area contributed by atoms with E-state index in [1.165, 1.54) is 0 Å². The Morgan fingerprint density at radius 2 is 2.41 bits per heavy atom. The van der Waals surface area contributed by atoms with Crippen molar-refractivity contribution >= 4 is 5.91 Å². The van der Waals surface area contributed by atoms with Crippen molar-refractivity contribution in [3.63, 3.8) is 0 Å². The summed E-state index contributed by atoms with van der Waals surface area (Å²) in [6.07, 6.45) is 1.81. The molecule has 0 bridgehead atoms. The van der Waals surface area contributed by atoms with Crippen molar-refractivity contribution in [3.8, 4) is 0 Å². The quantitative estimate of drug-likeness (QED) is 0.788. The van der Waals surface area contributed by atoms with Crippen LogP contribution in [-0.4, -0.2) is 28.8 Å². The summed E-state index contributed by atoms with van der Waals surface area (Å²) in [6, 6.07) is 0. The Morgan fingerprint density at radius 1 is 1.65 bits per heavy atom. The van der Waals surface area contributed by atoms with E-state index in [-0.39, 0.29) is 11.8 Å². The van der Waals surface area contributed by atoms with Gasteiger partial charge in [-0.1, -0.05) is 6.92 Å². The fourth-order valence-corrected chi connectivity index (χ4v) is 2.19. The number of aromatic nitrogens is 2. The molecule has 1 saturated heterocycles. The molecule has 2 rings (SSSR count). The summed E-state index contributed by atoms with van der Waals surface area (Å²) in [6.45, 7) is 6.42. The van der Waals surface area contributed by atoms with E-state index >= 15 is 0 Å². The highest BCUT2D eigenvalue weighted by atomic mass is 16.1.